The van der Waals surface area contributed by atoms with Gasteiger partial charge in [0, 0.05) is 7.05 Å². The fourth-order valence-corrected chi connectivity index (χ4v) is 1.45. The van der Waals surface area contributed by atoms with E-state index in [1.54, 1.807) is 39.6 Å². The molecule has 0 aliphatic rings. The van der Waals surface area contributed by atoms with Gasteiger partial charge in [-0.15, -0.1) is 0 Å². The van der Waals surface area contributed by atoms with Crippen molar-refractivity contribution < 1.29 is 9.47 Å². The largest absolute Gasteiger partial charge is 0.493 e. The van der Waals surface area contributed by atoms with Crippen molar-refractivity contribution in [3.63, 3.8) is 0 Å². The molecule has 0 unspecified atom stereocenters. The Morgan fingerprint density at radius 3 is 2.60 bits per heavy atom. The van der Waals surface area contributed by atoms with Crippen LogP contribution in [0.15, 0.2) is 17.2 Å². The van der Waals surface area contributed by atoms with Crippen LogP contribution in [-0.4, -0.2) is 27.5 Å². The van der Waals surface area contributed by atoms with Crippen molar-refractivity contribution in [1.29, 1.82) is 0 Å². The third-order valence-corrected chi connectivity index (χ3v) is 2.08. The van der Waals surface area contributed by atoms with Crippen molar-refractivity contribution >= 4 is 17.8 Å². The monoisotopic (exact) mass is 228 g/mol. The van der Waals surface area contributed by atoms with Crippen LogP contribution in [0.4, 0.5) is 0 Å². The molecule has 0 saturated heterocycles. The Balaban J connectivity index is 3.13. The molecule has 1 aromatic carbocycles. The molecule has 0 aliphatic carbocycles. The van der Waals surface area contributed by atoms with E-state index in [1.165, 1.54) is 0 Å². The summed E-state index contributed by atoms with van der Waals surface area (Å²) in [4.78, 5) is 0. The Morgan fingerprint density at radius 2 is 2.07 bits per heavy atom. The van der Waals surface area contributed by atoms with E-state index in [2.05, 4.69) is 10.5 Å². The fraction of sp³-hybridized carbons (Fsp3) is 0.300. The first-order valence-electron chi connectivity index (χ1n) is 4.34. The van der Waals surface area contributed by atoms with Crippen LogP contribution in [-0.2, 0) is 0 Å². The van der Waals surface area contributed by atoms with E-state index in [1.807, 2.05) is 0 Å². The van der Waals surface area contributed by atoms with E-state index < -0.39 is 0 Å². The summed E-state index contributed by atoms with van der Waals surface area (Å²) in [5, 5.41) is 4.38. The molecule has 0 radical (unpaired) electrons. The highest BCUT2D eigenvalue weighted by molar-refractivity contribution is 6.32. The summed E-state index contributed by atoms with van der Waals surface area (Å²) in [6, 6.07) is 3.55. The lowest BCUT2D eigenvalue weighted by atomic mass is 10.2. The topological polar surface area (TPSA) is 42.9 Å². The van der Waals surface area contributed by atoms with Gasteiger partial charge in [-0.2, -0.15) is 5.10 Å². The zero-order chi connectivity index (χ0) is 11.3. The molecule has 1 aromatic rings. The second-order valence-electron chi connectivity index (χ2n) is 2.72. The van der Waals surface area contributed by atoms with Crippen LogP contribution in [0.3, 0.4) is 0 Å². The number of ether oxygens (including phenoxy) is 2. The highest BCUT2D eigenvalue weighted by Crippen LogP contribution is 2.35. The normalized spacial score (nSPS) is 10.4. The average Bonchev–Trinajstić information content (AvgIpc) is 2.25. The van der Waals surface area contributed by atoms with Gasteiger partial charge < -0.3 is 14.9 Å². The van der Waals surface area contributed by atoms with Crippen LogP contribution in [0.2, 0.25) is 5.02 Å². The van der Waals surface area contributed by atoms with Gasteiger partial charge in [0.25, 0.3) is 0 Å². The van der Waals surface area contributed by atoms with Crippen LogP contribution in [0, 0.1) is 0 Å². The lowest BCUT2D eigenvalue weighted by molar-refractivity contribution is 0.355. The predicted octanol–water partition coefficient (Wildman–Crippen LogP) is 1.91. The first kappa shape index (κ1) is 11.7. The maximum Gasteiger partial charge on any atom is 0.179 e. The van der Waals surface area contributed by atoms with Gasteiger partial charge in [0.15, 0.2) is 11.5 Å². The predicted molar refractivity (Wildman–Crippen MR) is 61.2 cm³/mol. The van der Waals surface area contributed by atoms with Crippen molar-refractivity contribution in [2.75, 3.05) is 21.3 Å². The highest BCUT2D eigenvalue weighted by Gasteiger charge is 2.09. The molecular formula is C10H13ClN2O2. The number of nitrogens with one attached hydrogen (secondary N) is 1. The van der Waals surface area contributed by atoms with Gasteiger partial charge >= 0.3 is 0 Å². The van der Waals surface area contributed by atoms with Crippen LogP contribution >= 0.6 is 11.6 Å². The number of methoxy groups -OCH3 is 2. The van der Waals surface area contributed by atoms with Crippen molar-refractivity contribution in [1.82, 2.24) is 5.43 Å². The lowest BCUT2D eigenvalue weighted by Crippen LogP contribution is -1.97. The van der Waals surface area contributed by atoms with Crippen molar-refractivity contribution in [3.05, 3.63) is 22.7 Å². The van der Waals surface area contributed by atoms with Gasteiger partial charge in [0.2, 0.25) is 0 Å². The fourth-order valence-electron chi connectivity index (χ4n) is 1.15. The maximum absolute atomic E-state index is 6.01. The number of hydrogen-bond donors (Lipinski definition) is 1. The van der Waals surface area contributed by atoms with E-state index in [0.717, 1.165) is 5.56 Å². The second-order valence-corrected chi connectivity index (χ2v) is 3.13. The van der Waals surface area contributed by atoms with Crippen molar-refractivity contribution in [3.8, 4) is 11.5 Å². The molecule has 4 nitrogen and oxygen atoms in total. The van der Waals surface area contributed by atoms with Crippen LogP contribution in [0.5, 0.6) is 11.5 Å². The number of hydrogen-bond acceptors (Lipinski definition) is 4. The maximum atomic E-state index is 6.01. The summed E-state index contributed by atoms with van der Waals surface area (Å²) in [5.74, 6) is 1.11. The first-order valence-corrected chi connectivity index (χ1v) is 4.72. The number of rotatable bonds is 4. The minimum absolute atomic E-state index is 0.495. The highest BCUT2D eigenvalue weighted by atomic mass is 35.5. The van der Waals surface area contributed by atoms with Gasteiger partial charge in [0.05, 0.1) is 25.5 Å². The third kappa shape index (κ3) is 2.76. The zero-order valence-corrected chi connectivity index (χ0v) is 9.63. The smallest absolute Gasteiger partial charge is 0.179 e. The molecule has 82 valence electrons. The quantitative estimate of drug-likeness (QED) is 0.633. The molecule has 0 spiro atoms. The molecule has 0 aliphatic heterocycles. The summed E-state index contributed by atoms with van der Waals surface area (Å²) < 4.78 is 10.3. The van der Waals surface area contributed by atoms with Gasteiger partial charge in [-0.1, -0.05) is 11.6 Å². The molecule has 0 heterocycles. The van der Waals surface area contributed by atoms with Crippen molar-refractivity contribution in [2.24, 2.45) is 5.10 Å². The molecule has 0 saturated carbocycles. The summed E-state index contributed by atoms with van der Waals surface area (Å²) in [7, 11) is 4.83. The Morgan fingerprint density at radius 1 is 1.33 bits per heavy atom. The van der Waals surface area contributed by atoms with Crippen molar-refractivity contribution in [2.45, 2.75) is 0 Å². The van der Waals surface area contributed by atoms with Gasteiger partial charge in [0.1, 0.15) is 0 Å². The Hall–Kier alpha value is -1.42. The molecule has 1 N–H and O–H groups in total. The lowest BCUT2D eigenvalue weighted by Gasteiger charge is -2.09. The second kappa shape index (κ2) is 5.46. The first-order chi connectivity index (χ1) is 7.22. The van der Waals surface area contributed by atoms with Crippen LogP contribution in [0.1, 0.15) is 5.56 Å². The summed E-state index contributed by atoms with van der Waals surface area (Å²) in [6.07, 6.45) is 1.65. The molecule has 0 aromatic heterocycles. The van der Waals surface area contributed by atoms with E-state index in [4.69, 9.17) is 21.1 Å². The van der Waals surface area contributed by atoms with Gasteiger partial charge in [-0.05, 0) is 17.7 Å². The molecule has 0 bridgehead atoms. The van der Waals surface area contributed by atoms with E-state index in [9.17, 15) is 0 Å². The number of benzene rings is 1. The van der Waals surface area contributed by atoms with Crippen LogP contribution in [0.25, 0.3) is 0 Å². The zero-order valence-electron chi connectivity index (χ0n) is 8.87. The molecular weight excluding hydrogens is 216 g/mol. The minimum Gasteiger partial charge on any atom is -0.493 e. The number of hydrazone groups is 1. The molecule has 0 atom stereocenters. The van der Waals surface area contributed by atoms with Crippen LogP contribution < -0.4 is 14.9 Å². The van der Waals surface area contributed by atoms with E-state index in [0.29, 0.717) is 16.5 Å². The summed E-state index contributed by atoms with van der Waals surface area (Å²) >= 11 is 6.01. The molecule has 0 fully saturated rings. The Kier molecular flexibility index (Phi) is 4.24. The van der Waals surface area contributed by atoms with E-state index in [-0.39, 0.29) is 0 Å². The average molecular weight is 229 g/mol. The third-order valence-electron chi connectivity index (χ3n) is 1.80. The SMILES string of the molecule is CN/N=C/c1cc(Cl)c(OC)c(OC)c1. The standard InChI is InChI=1S/C10H13ClN2O2/c1-12-13-6-7-4-8(11)10(15-3)9(5-7)14-2/h4-6,12H,1-3H3/b13-6+. The minimum atomic E-state index is 0.495. The molecule has 1 rings (SSSR count). The summed E-state index contributed by atoms with van der Waals surface area (Å²) in [6.45, 7) is 0. The Labute approximate surface area is 93.8 Å². The van der Waals surface area contributed by atoms with E-state index >= 15 is 0 Å². The molecule has 5 heteroatoms. The Bertz CT molecular complexity index is 367. The molecule has 15 heavy (non-hydrogen) atoms. The summed E-state index contributed by atoms with van der Waals surface area (Å²) in [5.41, 5.74) is 3.50. The van der Waals surface area contributed by atoms with Gasteiger partial charge in [-0.25, -0.2) is 0 Å². The number of halogens is 1. The number of nitrogens with zero attached hydrogens (tertiary/aromatic N) is 1. The van der Waals surface area contributed by atoms with Gasteiger partial charge in [-0.3, -0.25) is 0 Å². The molecule has 0 amide bonds.